The Morgan fingerprint density at radius 3 is 2.64 bits per heavy atom. The van der Waals surface area contributed by atoms with Crippen molar-refractivity contribution in [2.24, 2.45) is 0 Å². The summed E-state index contributed by atoms with van der Waals surface area (Å²) >= 11 is 12.1. The summed E-state index contributed by atoms with van der Waals surface area (Å²) in [4.78, 5) is 16.5. The first-order valence-corrected chi connectivity index (χ1v) is 8.27. The SMILES string of the molecule is O=C(Nc1cccnc1OCc1cc(Cl)ccc1Cl)c1ccccc1. The van der Waals surface area contributed by atoms with Gasteiger partial charge in [0.25, 0.3) is 5.91 Å². The lowest BCUT2D eigenvalue weighted by Crippen LogP contribution is -2.13. The van der Waals surface area contributed by atoms with Crippen LogP contribution in [0.25, 0.3) is 0 Å². The average molecular weight is 373 g/mol. The molecule has 4 nitrogen and oxygen atoms in total. The zero-order valence-electron chi connectivity index (χ0n) is 13.1. The zero-order chi connectivity index (χ0) is 17.6. The first kappa shape index (κ1) is 17.3. The molecule has 25 heavy (non-hydrogen) atoms. The minimum Gasteiger partial charge on any atom is -0.471 e. The molecule has 0 aliphatic heterocycles. The lowest BCUT2D eigenvalue weighted by molar-refractivity contribution is 0.102. The van der Waals surface area contributed by atoms with Crippen LogP contribution in [0, 0.1) is 0 Å². The number of carbonyl (C=O) groups excluding carboxylic acids is 1. The number of nitrogens with one attached hydrogen (secondary N) is 1. The van der Waals surface area contributed by atoms with Gasteiger partial charge in [-0.05, 0) is 42.5 Å². The lowest BCUT2D eigenvalue weighted by atomic mass is 10.2. The van der Waals surface area contributed by atoms with Crippen molar-refractivity contribution in [3.05, 3.63) is 88.0 Å². The van der Waals surface area contributed by atoms with Crippen LogP contribution in [0.1, 0.15) is 15.9 Å². The van der Waals surface area contributed by atoms with Gasteiger partial charge in [-0.3, -0.25) is 4.79 Å². The number of ether oxygens (including phenoxy) is 1. The minimum atomic E-state index is -0.237. The second kappa shape index (κ2) is 8.01. The molecule has 3 rings (SSSR count). The molecule has 2 aromatic carbocycles. The molecule has 1 heterocycles. The molecule has 3 aromatic rings. The topological polar surface area (TPSA) is 51.2 Å². The largest absolute Gasteiger partial charge is 0.471 e. The molecule has 0 bridgehead atoms. The number of anilines is 1. The number of hydrogen-bond acceptors (Lipinski definition) is 3. The highest BCUT2D eigenvalue weighted by Gasteiger charge is 2.11. The fraction of sp³-hybridized carbons (Fsp3) is 0.0526. The molecule has 1 aromatic heterocycles. The maximum atomic E-state index is 12.3. The van der Waals surface area contributed by atoms with Crippen molar-refractivity contribution in [3.8, 4) is 5.88 Å². The number of nitrogens with zero attached hydrogens (tertiary/aromatic N) is 1. The molecule has 0 unspecified atom stereocenters. The van der Waals surface area contributed by atoms with Crippen molar-refractivity contribution < 1.29 is 9.53 Å². The van der Waals surface area contributed by atoms with Crippen LogP contribution in [-0.2, 0) is 6.61 Å². The summed E-state index contributed by atoms with van der Waals surface area (Å²) in [7, 11) is 0. The molecule has 0 aliphatic carbocycles. The van der Waals surface area contributed by atoms with E-state index in [1.807, 2.05) is 6.07 Å². The second-order valence-electron chi connectivity index (χ2n) is 5.20. The summed E-state index contributed by atoms with van der Waals surface area (Å²) in [5.41, 5.74) is 1.77. The monoisotopic (exact) mass is 372 g/mol. The van der Waals surface area contributed by atoms with Crippen molar-refractivity contribution in [2.45, 2.75) is 6.61 Å². The Balaban J connectivity index is 1.75. The van der Waals surface area contributed by atoms with Gasteiger partial charge in [0.15, 0.2) is 0 Å². The number of amides is 1. The molecule has 0 saturated heterocycles. The van der Waals surface area contributed by atoms with Gasteiger partial charge in [0.1, 0.15) is 12.3 Å². The molecule has 0 aliphatic rings. The van der Waals surface area contributed by atoms with Crippen LogP contribution in [0.4, 0.5) is 5.69 Å². The number of hydrogen-bond donors (Lipinski definition) is 1. The molecule has 0 fully saturated rings. The van der Waals surface area contributed by atoms with E-state index in [0.29, 0.717) is 27.2 Å². The Morgan fingerprint density at radius 1 is 1.04 bits per heavy atom. The third kappa shape index (κ3) is 4.50. The highest BCUT2D eigenvalue weighted by molar-refractivity contribution is 6.33. The summed E-state index contributed by atoms with van der Waals surface area (Å²) in [6, 6.07) is 17.5. The smallest absolute Gasteiger partial charge is 0.255 e. The quantitative estimate of drug-likeness (QED) is 0.667. The van der Waals surface area contributed by atoms with E-state index in [0.717, 1.165) is 5.56 Å². The molecular weight excluding hydrogens is 359 g/mol. The molecule has 0 atom stereocenters. The van der Waals surface area contributed by atoms with Crippen molar-refractivity contribution in [2.75, 3.05) is 5.32 Å². The first-order valence-electron chi connectivity index (χ1n) is 7.51. The van der Waals surface area contributed by atoms with Crippen LogP contribution >= 0.6 is 23.2 Å². The van der Waals surface area contributed by atoms with E-state index in [1.165, 1.54) is 0 Å². The third-order valence-corrected chi connectivity index (χ3v) is 4.03. The number of rotatable bonds is 5. The Hall–Kier alpha value is -2.56. The predicted octanol–water partition coefficient (Wildman–Crippen LogP) is 5.22. The third-order valence-electron chi connectivity index (χ3n) is 3.43. The average Bonchev–Trinajstić information content (AvgIpc) is 2.64. The van der Waals surface area contributed by atoms with Gasteiger partial charge in [0.05, 0.1) is 0 Å². The normalized spacial score (nSPS) is 10.3. The Bertz CT molecular complexity index is 886. The molecule has 1 amide bonds. The Labute approximate surface area is 155 Å². The number of carbonyl (C=O) groups is 1. The summed E-state index contributed by atoms with van der Waals surface area (Å²) in [5, 5.41) is 3.93. The van der Waals surface area contributed by atoms with Gasteiger partial charge < -0.3 is 10.1 Å². The number of benzene rings is 2. The van der Waals surface area contributed by atoms with E-state index in [-0.39, 0.29) is 12.5 Å². The van der Waals surface area contributed by atoms with Gasteiger partial charge in [-0.15, -0.1) is 0 Å². The van der Waals surface area contributed by atoms with Crippen LogP contribution in [0.5, 0.6) is 5.88 Å². The molecular formula is C19H14Cl2N2O2. The zero-order valence-corrected chi connectivity index (χ0v) is 14.6. The fourth-order valence-electron chi connectivity index (χ4n) is 2.19. The van der Waals surface area contributed by atoms with Crippen LogP contribution in [0.3, 0.4) is 0 Å². The molecule has 0 spiro atoms. The number of pyridine rings is 1. The van der Waals surface area contributed by atoms with E-state index in [4.69, 9.17) is 27.9 Å². The minimum absolute atomic E-state index is 0.185. The summed E-state index contributed by atoms with van der Waals surface area (Å²) in [6.07, 6.45) is 1.59. The summed E-state index contributed by atoms with van der Waals surface area (Å²) < 4.78 is 5.73. The van der Waals surface area contributed by atoms with E-state index < -0.39 is 0 Å². The second-order valence-corrected chi connectivity index (χ2v) is 6.04. The molecule has 6 heteroatoms. The summed E-state index contributed by atoms with van der Waals surface area (Å²) in [5.74, 6) is 0.0714. The van der Waals surface area contributed by atoms with E-state index in [2.05, 4.69) is 10.3 Å². The van der Waals surface area contributed by atoms with Crippen LogP contribution in [0.15, 0.2) is 66.9 Å². The van der Waals surface area contributed by atoms with E-state index in [1.54, 1.807) is 60.8 Å². The van der Waals surface area contributed by atoms with E-state index in [9.17, 15) is 4.79 Å². The maximum Gasteiger partial charge on any atom is 0.255 e. The molecule has 0 radical (unpaired) electrons. The molecule has 126 valence electrons. The first-order chi connectivity index (χ1) is 12.1. The van der Waals surface area contributed by atoms with Crippen molar-refractivity contribution >= 4 is 34.8 Å². The lowest BCUT2D eigenvalue weighted by Gasteiger charge is -2.12. The Kier molecular flexibility index (Phi) is 5.53. The highest BCUT2D eigenvalue weighted by Crippen LogP contribution is 2.25. The Morgan fingerprint density at radius 2 is 1.84 bits per heavy atom. The molecule has 0 saturated carbocycles. The van der Waals surface area contributed by atoms with Crippen molar-refractivity contribution in [1.82, 2.24) is 4.98 Å². The van der Waals surface area contributed by atoms with Gasteiger partial charge in [-0.1, -0.05) is 41.4 Å². The summed E-state index contributed by atoms with van der Waals surface area (Å²) in [6.45, 7) is 0.185. The fourth-order valence-corrected chi connectivity index (χ4v) is 2.55. The van der Waals surface area contributed by atoms with Crippen LogP contribution in [0.2, 0.25) is 10.0 Å². The van der Waals surface area contributed by atoms with Gasteiger partial charge in [-0.2, -0.15) is 0 Å². The van der Waals surface area contributed by atoms with Gasteiger partial charge in [0.2, 0.25) is 5.88 Å². The van der Waals surface area contributed by atoms with Gasteiger partial charge in [-0.25, -0.2) is 4.98 Å². The standard InChI is InChI=1S/C19H14Cl2N2O2/c20-15-8-9-16(21)14(11-15)12-25-19-17(7-4-10-22-19)23-18(24)13-5-2-1-3-6-13/h1-11H,12H2,(H,23,24). The molecule has 1 N–H and O–H groups in total. The van der Waals surface area contributed by atoms with Gasteiger partial charge >= 0.3 is 0 Å². The van der Waals surface area contributed by atoms with Crippen LogP contribution in [-0.4, -0.2) is 10.9 Å². The van der Waals surface area contributed by atoms with Crippen molar-refractivity contribution in [3.63, 3.8) is 0 Å². The van der Waals surface area contributed by atoms with Crippen molar-refractivity contribution in [1.29, 1.82) is 0 Å². The van der Waals surface area contributed by atoms with E-state index >= 15 is 0 Å². The predicted molar refractivity (Wildman–Crippen MR) is 99.4 cm³/mol. The number of halogens is 2. The van der Waals surface area contributed by atoms with Gasteiger partial charge in [0, 0.05) is 27.4 Å². The highest BCUT2D eigenvalue weighted by atomic mass is 35.5. The maximum absolute atomic E-state index is 12.3. The number of aromatic nitrogens is 1. The van der Waals surface area contributed by atoms with Crippen LogP contribution < -0.4 is 10.1 Å².